The molecule has 4 heteroatoms. The van der Waals surface area contributed by atoms with E-state index in [-0.39, 0.29) is 17.4 Å². The van der Waals surface area contributed by atoms with Gasteiger partial charge in [0.25, 0.3) is 0 Å². The average molecular weight is 256 g/mol. The van der Waals surface area contributed by atoms with Gasteiger partial charge >= 0.3 is 0 Å². The predicted molar refractivity (Wildman–Crippen MR) is 73.3 cm³/mol. The highest BCUT2D eigenvalue weighted by Crippen LogP contribution is 2.17. The second-order valence-electron chi connectivity index (χ2n) is 6.73. The molecule has 0 bridgehead atoms. The minimum absolute atomic E-state index is 0.0704. The van der Waals surface area contributed by atoms with Crippen LogP contribution < -0.4 is 5.32 Å². The van der Waals surface area contributed by atoms with E-state index in [4.69, 9.17) is 0 Å². The number of nitrogens with one attached hydrogen (secondary N) is 1. The number of hydrogen-bond donors (Lipinski definition) is 2. The summed E-state index contributed by atoms with van der Waals surface area (Å²) >= 11 is 0. The van der Waals surface area contributed by atoms with E-state index >= 15 is 0 Å². The lowest BCUT2D eigenvalue weighted by atomic mass is 9.92. The lowest BCUT2D eigenvalue weighted by Crippen LogP contribution is -2.47. The molecule has 4 nitrogen and oxygen atoms in total. The molecule has 0 aromatic heterocycles. The summed E-state index contributed by atoms with van der Waals surface area (Å²) in [5.74, 6) is 0.422. The minimum atomic E-state index is -0.291. The van der Waals surface area contributed by atoms with Crippen LogP contribution >= 0.6 is 0 Å². The van der Waals surface area contributed by atoms with Crippen molar-refractivity contribution in [1.82, 2.24) is 10.2 Å². The normalized spacial score (nSPS) is 26.1. The van der Waals surface area contributed by atoms with E-state index in [1.807, 2.05) is 4.90 Å². The smallest absolute Gasteiger partial charge is 0.234 e. The number of hydrogen-bond acceptors (Lipinski definition) is 3. The van der Waals surface area contributed by atoms with Gasteiger partial charge in [0, 0.05) is 13.1 Å². The monoisotopic (exact) mass is 256 g/mol. The molecular formula is C14H28N2O2. The van der Waals surface area contributed by atoms with Crippen LogP contribution in [0.4, 0.5) is 0 Å². The third-order valence-corrected chi connectivity index (χ3v) is 3.57. The van der Waals surface area contributed by atoms with Crippen molar-refractivity contribution in [2.24, 2.45) is 11.3 Å². The maximum Gasteiger partial charge on any atom is 0.234 e. The standard InChI is InChI=1S/C14H28N2O2/c1-11-5-8-16(9-12(11)17)10-13(18)15-7-6-14(2,3)4/h11-12,17H,5-10H2,1-4H3,(H,15,18). The Morgan fingerprint density at radius 1 is 1.44 bits per heavy atom. The number of carbonyl (C=O) groups excluding carboxylic acids is 1. The van der Waals surface area contributed by atoms with E-state index in [1.165, 1.54) is 0 Å². The molecule has 106 valence electrons. The van der Waals surface area contributed by atoms with Gasteiger partial charge < -0.3 is 10.4 Å². The van der Waals surface area contributed by atoms with E-state index in [0.717, 1.165) is 25.9 Å². The van der Waals surface area contributed by atoms with Gasteiger partial charge in [-0.1, -0.05) is 27.7 Å². The molecule has 0 aromatic rings. The summed E-state index contributed by atoms with van der Waals surface area (Å²) < 4.78 is 0. The molecule has 1 fully saturated rings. The van der Waals surface area contributed by atoms with Crippen LogP contribution in [0.25, 0.3) is 0 Å². The van der Waals surface area contributed by atoms with Crippen molar-refractivity contribution in [3.8, 4) is 0 Å². The highest BCUT2D eigenvalue weighted by atomic mass is 16.3. The number of β-amino-alcohol motifs (C(OH)–C–C–N with tert-alkyl or cyclic N) is 1. The SMILES string of the molecule is CC1CCN(CC(=O)NCCC(C)(C)C)CC1O. The number of nitrogens with zero attached hydrogens (tertiary/aromatic N) is 1. The van der Waals surface area contributed by atoms with Crippen molar-refractivity contribution in [1.29, 1.82) is 0 Å². The Bertz CT molecular complexity index is 273. The summed E-state index contributed by atoms with van der Waals surface area (Å²) in [5, 5.41) is 12.7. The van der Waals surface area contributed by atoms with Crippen molar-refractivity contribution in [3.05, 3.63) is 0 Å². The summed E-state index contributed by atoms with van der Waals surface area (Å²) in [5.41, 5.74) is 0.254. The Labute approximate surface area is 111 Å². The van der Waals surface area contributed by atoms with Crippen LogP contribution in [-0.4, -0.2) is 48.2 Å². The fourth-order valence-corrected chi connectivity index (χ4v) is 2.09. The summed E-state index contributed by atoms with van der Waals surface area (Å²) in [6, 6.07) is 0. The third-order valence-electron chi connectivity index (χ3n) is 3.57. The molecular weight excluding hydrogens is 228 g/mol. The van der Waals surface area contributed by atoms with Crippen molar-refractivity contribution >= 4 is 5.91 Å². The van der Waals surface area contributed by atoms with E-state index in [9.17, 15) is 9.90 Å². The Balaban J connectivity index is 2.20. The van der Waals surface area contributed by atoms with Gasteiger partial charge in [0.1, 0.15) is 0 Å². The molecule has 0 aliphatic carbocycles. The van der Waals surface area contributed by atoms with Gasteiger partial charge in [-0.15, -0.1) is 0 Å². The Morgan fingerprint density at radius 2 is 2.11 bits per heavy atom. The van der Waals surface area contributed by atoms with Gasteiger partial charge in [-0.2, -0.15) is 0 Å². The number of likely N-dealkylation sites (tertiary alicyclic amines) is 1. The molecule has 1 rings (SSSR count). The molecule has 2 unspecified atom stereocenters. The molecule has 0 aromatic carbocycles. The Morgan fingerprint density at radius 3 is 2.67 bits per heavy atom. The van der Waals surface area contributed by atoms with Gasteiger partial charge in [0.15, 0.2) is 0 Å². The molecule has 1 amide bonds. The first-order chi connectivity index (χ1) is 8.28. The lowest BCUT2D eigenvalue weighted by Gasteiger charge is -2.33. The summed E-state index contributed by atoms with van der Waals surface area (Å²) in [6.07, 6.45) is 1.66. The molecule has 0 spiro atoms. The van der Waals surface area contributed by atoms with Crippen LogP contribution in [0.2, 0.25) is 0 Å². The first kappa shape index (κ1) is 15.4. The molecule has 1 aliphatic rings. The Hall–Kier alpha value is -0.610. The molecule has 1 heterocycles. The number of piperidine rings is 1. The average Bonchev–Trinajstić information content (AvgIpc) is 2.21. The summed E-state index contributed by atoms with van der Waals surface area (Å²) in [6.45, 7) is 11.2. The Kier molecular flexibility index (Phi) is 5.60. The molecule has 2 atom stereocenters. The van der Waals surface area contributed by atoms with Crippen LogP contribution in [0.15, 0.2) is 0 Å². The van der Waals surface area contributed by atoms with Crippen LogP contribution in [0.3, 0.4) is 0 Å². The fraction of sp³-hybridized carbons (Fsp3) is 0.929. The number of rotatable bonds is 4. The van der Waals surface area contributed by atoms with E-state index in [2.05, 4.69) is 33.0 Å². The van der Waals surface area contributed by atoms with Gasteiger partial charge in [0.2, 0.25) is 5.91 Å². The van der Waals surface area contributed by atoms with Crippen LogP contribution in [0, 0.1) is 11.3 Å². The largest absolute Gasteiger partial charge is 0.392 e. The summed E-state index contributed by atoms with van der Waals surface area (Å²) in [7, 11) is 0. The molecule has 0 saturated carbocycles. The minimum Gasteiger partial charge on any atom is -0.392 e. The van der Waals surface area contributed by atoms with Gasteiger partial charge in [-0.25, -0.2) is 0 Å². The number of carbonyl (C=O) groups is 1. The second-order valence-corrected chi connectivity index (χ2v) is 6.73. The highest BCUT2D eigenvalue weighted by Gasteiger charge is 2.25. The van der Waals surface area contributed by atoms with Gasteiger partial charge in [-0.05, 0) is 30.7 Å². The molecule has 18 heavy (non-hydrogen) atoms. The van der Waals surface area contributed by atoms with E-state index < -0.39 is 0 Å². The molecule has 2 N–H and O–H groups in total. The third kappa shape index (κ3) is 5.83. The molecule has 0 radical (unpaired) electrons. The van der Waals surface area contributed by atoms with Crippen molar-refractivity contribution in [2.45, 2.75) is 46.6 Å². The number of aliphatic hydroxyl groups excluding tert-OH is 1. The van der Waals surface area contributed by atoms with Crippen molar-refractivity contribution < 1.29 is 9.90 Å². The first-order valence-corrected chi connectivity index (χ1v) is 6.95. The number of amides is 1. The zero-order valence-electron chi connectivity index (χ0n) is 12.2. The van der Waals surface area contributed by atoms with Crippen LogP contribution in [-0.2, 0) is 4.79 Å². The topological polar surface area (TPSA) is 52.6 Å². The zero-order valence-corrected chi connectivity index (χ0v) is 12.2. The zero-order chi connectivity index (χ0) is 13.8. The maximum absolute atomic E-state index is 11.8. The molecule has 1 aliphatic heterocycles. The maximum atomic E-state index is 11.8. The number of aliphatic hydroxyl groups is 1. The highest BCUT2D eigenvalue weighted by molar-refractivity contribution is 5.77. The lowest BCUT2D eigenvalue weighted by molar-refractivity contribution is -0.123. The van der Waals surface area contributed by atoms with Gasteiger partial charge in [-0.3, -0.25) is 9.69 Å². The van der Waals surface area contributed by atoms with Gasteiger partial charge in [0.05, 0.1) is 12.6 Å². The van der Waals surface area contributed by atoms with E-state index in [1.54, 1.807) is 0 Å². The fourth-order valence-electron chi connectivity index (χ4n) is 2.09. The second kappa shape index (κ2) is 6.53. The van der Waals surface area contributed by atoms with E-state index in [0.29, 0.717) is 19.0 Å². The van der Waals surface area contributed by atoms with Crippen molar-refractivity contribution in [2.75, 3.05) is 26.2 Å². The summed E-state index contributed by atoms with van der Waals surface area (Å²) in [4.78, 5) is 13.8. The predicted octanol–water partition coefficient (Wildman–Crippen LogP) is 1.24. The quantitative estimate of drug-likeness (QED) is 0.796. The van der Waals surface area contributed by atoms with Crippen LogP contribution in [0.5, 0.6) is 0 Å². The first-order valence-electron chi connectivity index (χ1n) is 6.95. The van der Waals surface area contributed by atoms with Crippen molar-refractivity contribution in [3.63, 3.8) is 0 Å². The molecule has 1 saturated heterocycles. The van der Waals surface area contributed by atoms with Crippen LogP contribution in [0.1, 0.15) is 40.5 Å².